The molecule has 0 aliphatic carbocycles. The van der Waals surface area contributed by atoms with Crippen molar-refractivity contribution in [1.82, 2.24) is 4.90 Å². The van der Waals surface area contributed by atoms with Gasteiger partial charge in [-0.1, -0.05) is 18.2 Å². The lowest BCUT2D eigenvalue weighted by molar-refractivity contribution is -0.130. The van der Waals surface area contributed by atoms with Gasteiger partial charge in [-0.3, -0.25) is 9.59 Å². The van der Waals surface area contributed by atoms with E-state index < -0.39 is 0 Å². The van der Waals surface area contributed by atoms with E-state index in [4.69, 9.17) is 0 Å². The first kappa shape index (κ1) is 15.4. The second-order valence-corrected chi connectivity index (χ2v) is 4.64. The van der Waals surface area contributed by atoms with E-state index in [-0.39, 0.29) is 5.91 Å². The fourth-order valence-corrected chi connectivity index (χ4v) is 2.16. The first-order chi connectivity index (χ1) is 9.21. The van der Waals surface area contributed by atoms with Gasteiger partial charge < -0.3 is 4.90 Å². The van der Waals surface area contributed by atoms with Gasteiger partial charge in [-0.05, 0) is 44.7 Å². The van der Waals surface area contributed by atoms with Crippen molar-refractivity contribution < 1.29 is 9.59 Å². The average molecular weight is 261 g/mol. The third kappa shape index (κ3) is 5.25. The Hall–Kier alpha value is -1.64. The highest BCUT2D eigenvalue weighted by Crippen LogP contribution is 2.09. The smallest absolute Gasteiger partial charge is 0.222 e. The second kappa shape index (κ2) is 8.46. The van der Waals surface area contributed by atoms with Crippen molar-refractivity contribution in [2.45, 2.75) is 39.5 Å². The van der Waals surface area contributed by atoms with Crippen LogP contribution in [0.1, 0.15) is 49.0 Å². The van der Waals surface area contributed by atoms with Gasteiger partial charge in [-0.25, -0.2) is 0 Å². The summed E-state index contributed by atoms with van der Waals surface area (Å²) in [6.45, 7) is 5.59. The number of nitrogens with zero attached hydrogens (tertiary/aromatic N) is 1. The maximum absolute atomic E-state index is 11.8. The van der Waals surface area contributed by atoms with Crippen LogP contribution in [0.2, 0.25) is 0 Å². The van der Waals surface area contributed by atoms with Gasteiger partial charge in [0.05, 0.1) is 0 Å². The first-order valence-electron chi connectivity index (χ1n) is 7.03. The maximum Gasteiger partial charge on any atom is 0.222 e. The number of carbonyl (C=O) groups is 2. The summed E-state index contributed by atoms with van der Waals surface area (Å²) in [5.74, 6) is 0.242. The monoisotopic (exact) mass is 261 g/mol. The van der Waals surface area contributed by atoms with Gasteiger partial charge in [0.1, 0.15) is 6.29 Å². The van der Waals surface area contributed by atoms with Crippen molar-refractivity contribution in [2.75, 3.05) is 13.1 Å². The summed E-state index contributed by atoms with van der Waals surface area (Å²) in [4.78, 5) is 24.3. The highest BCUT2D eigenvalue weighted by molar-refractivity contribution is 5.76. The Kier molecular flexibility index (Phi) is 6.86. The molecule has 0 saturated heterocycles. The Labute approximate surface area is 115 Å². The number of benzene rings is 1. The maximum atomic E-state index is 11.8. The fraction of sp³-hybridized carbons (Fsp3) is 0.500. The van der Waals surface area contributed by atoms with E-state index in [1.807, 2.05) is 36.9 Å². The molecular formula is C16H23NO2. The van der Waals surface area contributed by atoms with Crippen LogP contribution in [0.15, 0.2) is 24.3 Å². The van der Waals surface area contributed by atoms with Crippen molar-refractivity contribution in [3.05, 3.63) is 35.4 Å². The topological polar surface area (TPSA) is 37.4 Å². The molecule has 1 aromatic carbocycles. The van der Waals surface area contributed by atoms with Crippen molar-refractivity contribution in [3.63, 3.8) is 0 Å². The number of unbranched alkanes of at least 4 members (excludes halogenated alkanes) is 1. The molecule has 3 heteroatoms. The highest BCUT2D eigenvalue weighted by Gasteiger charge is 2.08. The molecule has 0 N–H and O–H groups in total. The van der Waals surface area contributed by atoms with E-state index in [1.54, 1.807) is 6.07 Å². The van der Waals surface area contributed by atoms with Crippen LogP contribution in [0, 0.1) is 0 Å². The number of carbonyl (C=O) groups excluding carboxylic acids is 2. The molecule has 1 amide bonds. The zero-order chi connectivity index (χ0) is 14.1. The van der Waals surface area contributed by atoms with Gasteiger partial charge in [-0.2, -0.15) is 0 Å². The van der Waals surface area contributed by atoms with Crippen LogP contribution in [0.25, 0.3) is 0 Å². The van der Waals surface area contributed by atoms with Crippen LogP contribution in [-0.2, 0) is 11.2 Å². The van der Waals surface area contributed by atoms with Crippen molar-refractivity contribution in [3.8, 4) is 0 Å². The summed E-state index contributed by atoms with van der Waals surface area (Å²) < 4.78 is 0. The van der Waals surface area contributed by atoms with Gasteiger partial charge in [-0.15, -0.1) is 0 Å². The Morgan fingerprint density at radius 3 is 2.58 bits per heavy atom. The molecule has 0 unspecified atom stereocenters. The quantitative estimate of drug-likeness (QED) is 0.532. The highest BCUT2D eigenvalue weighted by atomic mass is 16.2. The minimum atomic E-state index is 0.242. The number of rotatable bonds is 8. The number of aldehydes is 1. The van der Waals surface area contributed by atoms with Crippen LogP contribution in [-0.4, -0.2) is 30.2 Å². The minimum absolute atomic E-state index is 0.242. The molecule has 0 bridgehead atoms. The Morgan fingerprint density at radius 1 is 1.21 bits per heavy atom. The minimum Gasteiger partial charge on any atom is -0.343 e. The lowest BCUT2D eigenvalue weighted by Crippen LogP contribution is -2.30. The zero-order valence-corrected chi connectivity index (χ0v) is 11.9. The molecule has 0 aliphatic heterocycles. The van der Waals surface area contributed by atoms with Crippen molar-refractivity contribution in [2.24, 2.45) is 0 Å². The van der Waals surface area contributed by atoms with Crippen LogP contribution < -0.4 is 0 Å². The average Bonchev–Trinajstić information content (AvgIpc) is 2.45. The van der Waals surface area contributed by atoms with Gasteiger partial charge in [0.2, 0.25) is 5.91 Å². The molecule has 0 atom stereocenters. The molecule has 1 aromatic rings. The largest absolute Gasteiger partial charge is 0.343 e. The summed E-state index contributed by atoms with van der Waals surface area (Å²) in [6.07, 6.45) is 4.30. The molecule has 0 heterocycles. The third-order valence-corrected chi connectivity index (χ3v) is 3.31. The van der Waals surface area contributed by atoms with Crippen LogP contribution in [0.5, 0.6) is 0 Å². The lowest BCUT2D eigenvalue weighted by atomic mass is 10.0. The number of amides is 1. The van der Waals surface area contributed by atoms with E-state index >= 15 is 0 Å². The zero-order valence-electron chi connectivity index (χ0n) is 11.9. The Bertz CT molecular complexity index is 411. The molecule has 0 spiro atoms. The Morgan fingerprint density at radius 2 is 1.95 bits per heavy atom. The molecule has 0 radical (unpaired) electrons. The standard InChI is InChI=1S/C16H23NO2/c1-3-17(4-2)16(19)11-6-5-8-14-9-7-10-15(12-14)13-18/h7,9-10,12-13H,3-6,8,11H2,1-2H3. The number of hydrogen-bond acceptors (Lipinski definition) is 2. The number of aryl methyl sites for hydroxylation is 1. The van der Waals surface area contributed by atoms with Gasteiger partial charge in [0, 0.05) is 25.1 Å². The van der Waals surface area contributed by atoms with Crippen LogP contribution in [0.3, 0.4) is 0 Å². The summed E-state index contributed by atoms with van der Waals surface area (Å²) >= 11 is 0. The summed E-state index contributed by atoms with van der Waals surface area (Å²) in [7, 11) is 0. The van der Waals surface area contributed by atoms with E-state index in [9.17, 15) is 9.59 Å². The normalized spacial score (nSPS) is 10.2. The van der Waals surface area contributed by atoms with E-state index in [2.05, 4.69) is 0 Å². The molecule has 0 aromatic heterocycles. The molecular weight excluding hydrogens is 238 g/mol. The SMILES string of the molecule is CCN(CC)C(=O)CCCCc1cccc(C=O)c1. The second-order valence-electron chi connectivity index (χ2n) is 4.64. The molecule has 0 aliphatic rings. The summed E-state index contributed by atoms with van der Waals surface area (Å²) in [5.41, 5.74) is 1.89. The van der Waals surface area contributed by atoms with Crippen molar-refractivity contribution >= 4 is 12.2 Å². The van der Waals surface area contributed by atoms with Crippen LogP contribution >= 0.6 is 0 Å². The van der Waals surface area contributed by atoms with E-state index in [0.29, 0.717) is 6.42 Å². The third-order valence-electron chi connectivity index (χ3n) is 3.31. The Balaban J connectivity index is 2.30. The first-order valence-corrected chi connectivity index (χ1v) is 7.03. The fourth-order valence-electron chi connectivity index (χ4n) is 2.16. The molecule has 0 saturated carbocycles. The van der Waals surface area contributed by atoms with Crippen molar-refractivity contribution in [1.29, 1.82) is 0 Å². The van der Waals surface area contributed by atoms with E-state index in [0.717, 1.165) is 44.2 Å². The summed E-state index contributed by atoms with van der Waals surface area (Å²) in [5, 5.41) is 0. The number of hydrogen-bond donors (Lipinski definition) is 0. The van der Waals surface area contributed by atoms with Gasteiger partial charge in [0.25, 0.3) is 0 Å². The summed E-state index contributed by atoms with van der Waals surface area (Å²) in [6, 6.07) is 7.65. The predicted octanol–water partition coefficient (Wildman–Crippen LogP) is 3.08. The van der Waals surface area contributed by atoms with Crippen LogP contribution in [0.4, 0.5) is 0 Å². The molecule has 1 rings (SSSR count). The van der Waals surface area contributed by atoms with E-state index in [1.165, 1.54) is 5.56 Å². The van der Waals surface area contributed by atoms with Gasteiger partial charge >= 0.3 is 0 Å². The molecule has 0 fully saturated rings. The molecule has 19 heavy (non-hydrogen) atoms. The predicted molar refractivity (Wildman–Crippen MR) is 77.3 cm³/mol. The molecule has 104 valence electrons. The lowest BCUT2D eigenvalue weighted by Gasteiger charge is -2.18. The molecule has 3 nitrogen and oxygen atoms in total. The van der Waals surface area contributed by atoms with Gasteiger partial charge in [0.15, 0.2) is 0 Å².